The lowest BCUT2D eigenvalue weighted by Gasteiger charge is -2.31. The first kappa shape index (κ1) is 16.2. The van der Waals surface area contributed by atoms with Gasteiger partial charge in [0, 0.05) is 37.1 Å². The predicted octanol–water partition coefficient (Wildman–Crippen LogP) is 2.95. The molecule has 2 fully saturated rings. The summed E-state index contributed by atoms with van der Waals surface area (Å²) in [6.45, 7) is 2.14. The Bertz CT molecular complexity index is 619. The van der Waals surface area contributed by atoms with E-state index < -0.39 is 5.82 Å². The monoisotopic (exact) mass is 338 g/mol. The highest BCUT2D eigenvalue weighted by Gasteiger charge is 2.31. The van der Waals surface area contributed by atoms with Gasteiger partial charge in [-0.15, -0.1) is 0 Å². The van der Waals surface area contributed by atoms with Crippen molar-refractivity contribution in [3.8, 4) is 0 Å². The summed E-state index contributed by atoms with van der Waals surface area (Å²) in [5.41, 5.74) is -0.00345. The van der Waals surface area contributed by atoms with Crippen LogP contribution in [0.15, 0.2) is 18.2 Å². The van der Waals surface area contributed by atoms with Gasteiger partial charge in [0.2, 0.25) is 5.91 Å². The van der Waals surface area contributed by atoms with Crippen molar-refractivity contribution in [3.05, 3.63) is 34.6 Å². The SMILES string of the molecule is O=C(c1cc(Cl)ccc1F)N1CCCN(C(=O)C2CCC2)CC1. The van der Waals surface area contributed by atoms with Gasteiger partial charge in [0.1, 0.15) is 5.82 Å². The summed E-state index contributed by atoms with van der Waals surface area (Å²) in [7, 11) is 0. The Hall–Kier alpha value is -1.62. The predicted molar refractivity (Wildman–Crippen MR) is 85.9 cm³/mol. The largest absolute Gasteiger partial charge is 0.341 e. The average Bonchev–Trinajstić information content (AvgIpc) is 2.73. The molecule has 0 radical (unpaired) electrons. The molecule has 23 heavy (non-hydrogen) atoms. The van der Waals surface area contributed by atoms with Crippen molar-refractivity contribution in [2.75, 3.05) is 26.2 Å². The van der Waals surface area contributed by atoms with Crippen molar-refractivity contribution in [3.63, 3.8) is 0 Å². The van der Waals surface area contributed by atoms with E-state index in [0.717, 1.165) is 19.3 Å². The van der Waals surface area contributed by atoms with E-state index in [1.54, 1.807) is 4.90 Å². The van der Waals surface area contributed by atoms with Crippen LogP contribution in [0.3, 0.4) is 0 Å². The molecule has 124 valence electrons. The second kappa shape index (κ2) is 6.87. The van der Waals surface area contributed by atoms with E-state index in [9.17, 15) is 14.0 Å². The second-order valence-electron chi connectivity index (χ2n) is 6.22. The van der Waals surface area contributed by atoms with Crippen LogP contribution >= 0.6 is 11.6 Å². The summed E-state index contributed by atoms with van der Waals surface area (Å²) in [6, 6.07) is 4.00. The van der Waals surface area contributed by atoms with E-state index in [4.69, 9.17) is 11.6 Å². The van der Waals surface area contributed by atoms with Crippen LogP contribution in [-0.4, -0.2) is 47.8 Å². The molecule has 4 nitrogen and oxygen atoms in total. The number of carbonyl (C=O) groups is 2. The summed E-state index contributed by atoms with van der Waals surface area (Å²) in [6.07, 6.45) is 3.80. The van der Waals surface area contributed by atoms with Gasteiger partial charge in [-0.05, 0) is 37.5 Å². The number of halogens is 2. The maximum atomic E-state index is 13.9. The first-order valence-electron chi connectivity index (χ1n) is 8.09. The van der Waals surface area contributed by atoms with Gasteiger partial charge in [-0.3, -0.25) is 9.59 Å². The fraction of sp³-hybridized carbons (Fsp3) is 0.529. The lowest BCUT2D eigenvalue weighted by Crippen LogP contribution is -2.41. The van der Waals surface area contributed by atoms with E-state index in [1.165, 1.54) is 18.2 Å². The minimum absolute atomic E-state index is 0.00345. The zero-order valence-corrected chi connectivity index (χ0v) is 13.7. The normalized spacial score (nSPS) is 19.2. The van der Waals surface area contributed by atoms with Crippen molar-refractivity contribution in [1.29, 1.82) is 0 Å². The van der Waals surface area contributed by atoms with Gasteiger partial charge >= 0.3 is 0 Å². The molecule has 1 aromatic rings. The molecule has 1 saturated heterocycles. The molecular weight excluding hydrogens is 319 g/mol. The van der Waals surface area contributed by atoms with Gasteiger partial charge in [-0.1, -0.05) is 18.0 Å². The fourth-order valence-corrected chi connectivity index (χ4v) is 3.26. The fourth-order valence-electron chi connectivity index (χ4n) is 3.09. The molecule has 0 atom stereocenters. The Morgan fingerprint density at radius 1 is 1.04 bits per heavy atom. The number of carbonyl (C=O) groups excluding carboxylic acids is 2. The lowest BCUT2D eigenvalue weighted by atomic mass is 9.84. The average molecular weight is 339 g/mol. The van der Waals surface area contributed by atoms with E-state index in [-0.39, 0.29) is 23.3 Å². The Morgan fingerprint density at radius 2 is 1.74 bits per heavy atom. The third-order valence-corrected chi connectivity index (χ3v) is 4.94. The lowest BCUT2D eigenvalue weighted by molar-refractivity contribution is -0.138. The van der Waals surface area contributed by atoms with Crippen LogP contribution in [0.5, 0.6) is 0 Å². The quantitative estimate of drug-likeness (QED) is 0.832. The van der Waals surface area contributed by atoms with Crippen molar-refractivity contribution >= 4 is 23.4 Å². The molecule has 2 amide bonds. The molecule has 1 aliphatic carbocycles. The van der Waals surface area contributed by atoms with E-state index in [0.29, 0.717) is 37.6 Å². The number of rotatable bonds is 2. The van der Waals surface area contributed by atoms with Crippen molar-refractivity contribution in [2.45, 2.75) is 25.7 Å². The molecule has 1 saturated carbocycles. The minimum atomic E-state index is -0.564. The van der Waals surface area contributed by atoms with Crippen LogP contribution < -0.4 is 0 Å². The molecule has 0 N–H and O–H groups in total. The Balaban J connectivity index is 1.66. The zero-order chi connectivity index (χ0) is 16.4. The Morgan fingerprint density at radius 3 is 2.43 bits per heavy atom. The maximum Gasteiger partial charge on any atom is 0.256 e. The zero-order valence-electron chi connectivity index (χ0n) is 12.9. The number of nitrogens with zero attached hydrogens (tertiary/aromatic N) is 2. The highest BCUT2D eigenvalue weighted by atomic mass is 35.5. The van der Waals surface area contributed by atoms with Gasteiger partial charge in [0.15, 0.2) is 0 Å². The standard InChI is InChI=1S/C17H20ClFN2O2/c18-13-5-6-15(19)14(11-13)17(23)21-8-2-7-20(9-10-21)16(22)12-3-1-4-12/h5-6,11-12H,1-4,7-10H2. The molecule has 1 aromatic carbocycles. The van der Waals surface area contributed by atoms with E-state index in [2.05, 4.69) is 0 Å². The van der Waals surface area contributed by atoms with Gasteiger partial charge in [0.05, 0.1) is 5.56 Å². The molecule has 0 aromatic heterocycles. The molecule has 0 bridgehead atoms. The second-order valence-corrected chi connectivity index (χ2v) is 6.66. The van der Waals surface area contributed by atoms with Crippen molar-refractivity contribution < 1.29 is 14.0 Å². The highest BCUT2D eigenvalue weighted by molar-refractivity contribution is 6.31. The topological polar surface area (TPSA) is 40.6 Å². The number of hydrogen-bond donors (Lipinski definition) is 0. The maximum absolute atomic E-state index is 13.9. The van der Waals surface area contributed by atoms with Gasteiger partial charge in [0.25, 0.3) is 5.91 Å². The first-order valence-corrected chi connectivity index (χ1v) is 8.47. The minimum Gasteiger partial charge on any atom is -0.341 e. The molecule has 6 heteroatoms. The summed E-state index contributed by atoms with van der Waals surface area (Å²) in [5, 5.41) is 0.339. The molecule has 0 unspecified atom stereocenters. The van der Waals surface area contributed by atoms with Crippen LogP contribution in [0.1, 0.15) is 36.0 Å². The molecular formula is C17H20ClFN2O2. The van der Waals surface area contributed by atoms with Crippen molar-refractivity contribution in [1.82, 2.24) is 9.80 Å². The van der Waals surface area contributed by atoms with Crippen LogP contribution in [-0.2, 0) is 4.79 Å². The van der Waals surface area contributed by atoms with Crippen LogP contribution in [0.2, 0.25) is 5.02 Å². The molecule has 1 heterocycles. The third kappa shape index (κ3) is 3.50. The Labute approximate surface area is 140 Å². The third-order valence-electron chi connectivity index (χ3n) is 4.71. The van der Waals surface area contributed by atoms with E-state index >= 15 is 0 Å². The summed E-state index contributed by atoms with van der Waals surface area (Å²) in [4.78, 5) is 28.3. The number of benzene rings is 1. The van der Waals surface area contributed by atoms with Crippen LogP contribution in [0.25, 0.3) is 0 Å². The first-order chi connectivity index (χ1) is 11.1. The smallest absolute Gasteiger partial charge is 0.256 e. The van der Waals surface area contributed by atoms with Crippen LogP contribution in [0.4, 0.5) is 4.39 Å². The van der Waals surface area contributed by atoms with Gasteiger partial charge in [-0.2, -0.15) is 0 Å². The number of hydrogen-bond acceptors (Lipinski definition) is 2. The Kier molecular flexibility index (Phi) is 4.85. The summed E-state index contributed by atoms with van der Waals surface area (Å²) < 4.78 is 13.9. The highest BCUT2D eigenvalue weighted by Crippen LogP contribution is 2.28. The summed E-state index contributed by atoms with van der Waals surface area (Å²) in [5.74, 6) is -0.545. The van der Waals surface area contributed by atoms with Gasteiger partial charge < -0.3 is 9.80 Å². The molecule has 2 aliphatic rings. The van der Waals surface area contributed by atoms with Gasteiger partial charge in [-0.25, -0.2) is 4.39 Å². The molecule has 3 rings (SSSR count). The molecule has 0 spiro atoms. The summed E-state index contributed by atoms with van der Waals surface area (Å²) >= 11 is 5.86. The number of amides is 2. The van der Waals surface area contributed by atoms with Crippen molar-refractivity contribution in [2.24, 2.45) is 5.92 Å². The van der Waals surface area contributed by atoms with E-state index in [1.807, 2.05) is 4.90 Å². The molecule has 1 aliphatic heterocycles. The van der Waals surface area contributed by atoms with Crippen LogP contribution in [0, 0.1) is 11.7 Å².